The van der Waals surface area contributed by atoms with Gasteiger partial charge >= 0.3 is 0 Å². The van der Waals surface area contributed by atoms with Crippen molar-refractivity contribution in [3.8, 4) is 17.5 Å². The minimum atomic E-state index is -0.390. The zero-order valence-electron chi connectivity index (χ0n) is 10.2. The molecule has 0 amide bonds. The van der Waals surface area contributed by atoms with E-state index >= 15 is 0 Å². The van der Waals surface area contributed by atoms with Gasteiger partial charge in [0.05, 0.1) is 18.2 Å². The van der Waals surface area contributed by atoms with Crippen LogP contribution in [0.4, 0.5) is 4.39 Å². The summed E-state index contributed by atoms with van der Waals surface area (Å²) in [4.78, 5) is 1.31. The highest BCUT2D eigenvalue weighted by atomic mass is 32.1. The van der Waals surface area contributed by atoms with E-state index in [1.165, 1.54) is 23.0 Å². The lowest BCUT2D eigenvalue weighted by molar-refractivity contribution is 0.539. The topological polar surface area (TPSA) is 67.4 Å². The van der Waals surface area contributed by atoms with E-state index in [2.05, 4.69) is 15.4 Å². The first kappa shape index (κ1) is 12.4. The fraction of sp³-hybridized carbons (Fsp3) is 0.0769. The fourth-order valence-corrected chi connectivity index (χ4v) is 2.37. The number of thiophene rings is 1. The molecule has 0 aliphatic carbocycles. The SMILES string of the molecule is N#Cc1ccc(F)c(Cn2nnc(-c3ccsc3)n2)c1. The lowest BCUT2D eigenvalue weighted by atomic mass is 10.1. The van der Waals surface area contributed by atoms with Crippen molar-refractivity contribution >= 4 is 11.3 Å². The lowest BCUT2D eigenvalue weighted by Crippen LogP contribution is -2.06. The summed E-state index contributed by atoms with van der Waals surface area (Å²) in [6, 6.07) is 8.06. The van der Waals surface area contributed by atoms with Crippen LogP contribution >= 0.6 is 11.3 Å². The average Bonchev–Trinajstić information content (AvgIpc) is 3.12. The van der Waals surface area contributed by atoms with E-state index in [1.807, 2.05) is 22.9 Å². The Kier molecular flexibility index (Phi) is 3.23. The molecule has 0 bridgehead atoms. The second kappa shape index (κ2) is 5.19. The summed E-state index contributed by atoms with van der Waals surface area (Å²) < 4.78 is 13.7. The van der Waals surface area contributed by atoms with Gasteiger partial charge in [-0.1, -0.05) is 0 Å². The molecule has 3 rings (SSSR count). The normalized spacial score (nSPS) is 10.4. The van der Waals surface area contributed by atoms with Crippen molar-refractivity contribution in [2.24, 2.45) is 0 Å². The molecule has 2 aromatic heterocycles. The van der Waals surface area contributed by atoms with Gasteiger partial charge in [0, 0.05) is 16.5 Å². The summed E-state index contributed by atoms with van der Waals surface area (Å²) in [5.41, 5.74) is 1.64. The monoisotopic (exact) mass is 285 g/mol. The lowest BCUT2D eigenvalue weighted by Gasteiger charge is -2.01. The molecule has 0 fully saturated rings. The fourth-order valence-electron chi connectivity index (χ4n) is 1.74. The molecular weight excluding hydrogens is 277 g/mol. The molecule has 0 saturated heterocycles. The molecule has 2 heterocycles. The molecule has 0 N–H and O–H groups in total. The van der Waals surface area contributed by atoms with Crippen molar-refractivity contribution in [3.63, 3.8) is 0 Å². The van der Waals surface area contributed by atoms with Crippen LogP contribution in [-0.4, -0.2) is 20.2 Å². The Bertz CT molecular complexity index is 772. The Morgan fingerprint density at radius 2 is 2.25 bits per heavy atom. The molecule has 1 aromatic carbocycles. The first-order chi connectivity index (χ1) is 9.76. The Balaban J connectivity index is 1.87. The standard InChI is InChI=1S/C13H8FN5S/c14-12-2-1-9(6-15)5-11(12)7-19-17-13(16-18-19)10-3-4-20-8-10/h1-5,8H,7H2. The molecule has 0 atom stereocenters. The van der Waals surface area contributed by atoms with E-state index in [1.54, 1.807) is 11.3 Å². The van der Waals surface area contributed by atoms with Crippen LogP contribution in [0.3, 0.4) is 0 Å². The highest BCUT2D eigenvalue weighted by Crippen LogP contribution is 2.17. The Labute approximate surface area is 117 Å². The molecule has 0 spiro atoms. The van der Waals surface area contributed by atoms with Crippen molar-refractivity contribution in [2.75, 3.05) is 0 Å². The number of nitrogens with zero attached hydrogens (tertiary/aromatic N) is 5. The number of benzene rings is 1. The Morgan fingerprint density at radius 3 is 3.00 bits per heavy atom. The summed E-state index contributed by atoms with van der Waals surface area (Å²) in [6.45, 7) is 0.137. The molecule has 5 nitrogen and oxygen atoms in total. The number of hydrogen-bond acceptors (Lipinski definition) is 5. The second-order valence-electron chi connectivity index (χ2n) is 4.07. The van der Waals surface area contributed by atoms with Crippen molar-refractivity contribution in [2.45, 2.75) is 6.54 Å². The minimum Gasteiger partial charge on any atom is -0.207 e. The molecule has 0 unspecified atom stereocenters. The van der Waals surface area contributed by atoms with Crippen LogP contribution in [0.25, 0.3) is 11.4 Å². The van der Waals surface area contributed by atoms with E-state index in [9.17, 15) is 4.39 Å². The van der Waals surface area contributed by atoms with Crippen LogP contribution in [0.5, 0.6) is 0 Å². The maximum Gasteiger partial charge on any atom is 0.205 e. The molecule has 0 saturated carbocycles. The summed E-state index contributed by atoms with van der Waals surface area (Å²) in [5.74, 6) is 0.112. The highest BCUT2D eigenvalue weighted by Gasteiger charge is 2.09. The smallest absolute Gasteiger partial charge is 0.205 e. The first-order valence-corrected chi connectivity index (χ1v) is 6.69. The predicted molar refractivity (Wildman–Crippen MR) is 71.3 cm³/mol. The number of hydrogen-bond donors (Lipinski definition) is 0. The van der Waals surface area contributed by atoms with Crippen molar-refractivity contribution in [1.29, 1.82) is 5.26 Å². The zero-order chi connectivity index (χ0) is 13.9. The van der Waals surface area contributed by atoms with Gasteiger partial charge in [-0.2, -0.15) is 21.4 Å². The third-order valence-corrected chi connectivity index (χ3v) is 3.40. The van der Waals surface area contributed by atoms with E-state index < -0.39 is 5.82 Å². The number of aromatic nitrogens is 4. The van der Waals surface area contributed by atoms with Gasteiger partial charge in [-0.15, -0.1) is 10.2 Å². The van der Waals surface area contributed by atoms with Crippen LogP contribution in [0, 0.1) is 17.1 Å². The third-order valence-electron chi connectivity index (χ3n) is 2.72. The molecule has 0 radical (unpaired) electrons. The van der Waals surface area contributed by atoms with Crippen LogP contribution in [-0.2, 0) is 6.54 Å². The third kappa shape index (κ3) is 2.41. The second-order valence-corrected chi connectivity index (χ2v) is 4.85. The molecule has 98 valence electrons. The number of rotatable bonds is 3. The summed E-state index contributed by atoms with van der Waals surface area (Å²) in [5, 5.41) is 24.7. The van der Waals surface area contributed by atoms with Gasteiger partial charge in [-0.05, 0) is 34.9 Å². The molecular formula is C13H8FN5S. The van der Waals surface area contributed by atoms with Crippen LogP contribution < -0.4 is 0 Å². The Morgan fingerprint density at radius 1 is 1.35 bits per heavy atom. The van der Waals surface area contributed by atoms with Gasteiger partial charge in [-0.3, -0.25) is 0 Å². The van der Waals surface area contributed by atoms with E-state index in [-0.39, 0.29) is 6.54 Å². The minimum absolute atomic E-state index is 0.137. The highest BCUT2D eigenvalue weighted by molar-refractivity contribution is 7.08. The maximum atomic E-state index is 13.7. The zero-order valence-corrected chi connectivity index (χ0v) is 11.0. The van der Waals surface area contributed by atoms with E-state index in [4.69, 9.17) is 5.26 Å². The first-order valence-electron chi connectivity index (χ1n) is 5.75. The number of nitriles is 1. The van der Waals surface area contributed by atoms with Gasteiger partial charge in [-0.25, -0.2) is 4.39 Å². The summed E-state index contributed by atoms with van der Waals surface area (Å²) >= 11 is 1.54. The summed E-state index contributed by atoms with van der Waals surface area (Å²) in [6.07, 6.45) is 0. The van der Waals surface area contributed by atoms with Crippen LogP contribution in [0.15, 0.2) is 35.0 Å². The van der Waals surface area contributed by atoms with Crippen LogP contribution in [0.2, 0.25) is 0 Å². The predicted octanol–water partition coefficient (Wildman–Crippen LogP) is 2.46. The maximum absolute atomic E-state index is 13.7. The van der Waals surface area contributed by atoms with Gasteiger partial charge in [0.15, 0.2) is 0 Å². The van der Waals surface area contributed by atoms with Crippen LogP contribution in [0.1, 0.15) is 11.1 Å². The molecule has 0 aliphatic heterocycles. The molecule has 0 aliphatic rings. The Hall–Kier alpha value is -2.59. The van der Waals surface area contributed by atoms with Gasteiger partial charge in [0.1, 0.15) is 5.82 Å². The number of halogens is 1. The molecule has 20 heavy (non-hydrogen) atoms. The van der Waals surface area contributed by atoms with Crippen molar-refractivity contribution in [3.05, 3.63) is 52.0 Å². The summed E-state index contributed by atoms with van der Waals surface area (Å²) in [7, 11) is 0. The van der Waals surface area contributed by atoms with Gasteiger partial charge < -0.3 is 0 Å². The van der Waals surface area contributed by atoms with Crippen molar-refractivity contribution < 1.29 is 4.39 Å². The largest absolute Gasteiger partial charge is 0.207 e. The van der Waals surface area contributed by atoms with E-state index in [0.717, 1.165) is 5.56 Å². The van der Waals surface area contributed by atoms with Gasteiger partial charge in [0.25, 0.3) is 0 Å². The van der Waals surface area contributed by atoms with Crippen molar-refractivity contribution in [1.82, 2.24) is 20.2 Å². The number of tetrazole rings is 1. The average molecular weight is 285 g/mol. The van der Waals surface area contributed by atoms with Gasteiger partial charge in [0.2, 0.25) is 5.82 Å². The molecule has 3 aromatic rings. The quantitative estimate of drug-likeness (QED) is 0.741. The van der Waals surface area contributed by atoms with E-state index in [0.29, 0.717) is 17.0 Å². The molecule has 7 heteroatoms.